The highest BCUT2D eigenvalue weighted by Gasteiger charge is 2.28. The molecular weight excluding hydrogens is 420 g/mol. The van der Waals surface area contributed by atoms with Crippen LogP contribution >= 0.6 is 0 Å². The Hall–Kier alpha value is -3.12. The number of benzene rings is 3. The van der Waals surface area contributed by atoms with E-state index in [0.717, 1.165) is 27.8 Å². The fraction of sp³-hybridized carbons (Fsp3) is 0.269. The molecule has 0 aliphatic carbocycles. The molecule has 0 radical (unpaired) electrons. The molecule has 32 heavy (non-hydrogen) atoms. The van der Waals surface area contributed by atoms with Gasteiger partial charge in [0.05, 0.1) is 16.6 Å². The second kappa shape index (κ2) is 9.57. The summed E-state index contributed by atoms with van der Waals surface area (Å²) in [7, 11) is -3.94. The van der Waals surface area contributed by atoms with Crippen molar-refractivity contribution in [3.05, 3.63) is 94.5 Å². The van der Waals surface area contributed by atoms with Gasteiger partial charge in [0.15, 0.2) is 0 Å². The first kappa shape index (κ1) is 23.5. The summed E-state index contributed by atoms with van der Waals surface area (Å²) in [5.74, 6) is -0.366. The van der Waals surface area contributed by atoms with Crippen molar-refractivity contribution in [1.82, 2.24) is 5.32 Å². The second-order valence-corrected chi connectivity index (χ2v) is 10.2. The van der Waals surface area contributed by atoms with Gasteiger partial charge in [0.25, 0.3) is 10.0 Å². The summed E-state index contributed by atoms with van der Waals surface area (Å²) < 4.78 is 28.4. The average molecular weight is 451 g/mol. The monoisotopic (exact) mass is 450 g/mol. The van der Waals surface area contributed by atoms with Gasteiger partial charge in [-0.1, -0.05) is 59.7 Å². The van der Waals surface area contributed by atoms with Crippen LogP contribution in [0.25, 0.3) is 0 Å². The maximum absolute atomic E-state index is 13.6. The first-order valence-electron chi connectivity index (χ1n) is 10.6. The SMILES string of the molecule is Cc1ccc([C@H](C)NC(=O)CN(c2cc(C)ccc2C)S(=O)(=O)c2ccc(C)cc2)cc1. The molecule has 3 aromatic carbocycles. The van der Waals surface area contributed by atoms with Crippen LogP contribution in [0.3, 0.4) is 0 Å². The summed E-state index contributed by atoms with van der Waals surface area (Å²) >= 11 is 0. The molecule has 168 valence electrons. The Morgan fingerprint density at radius 1 is 0.844 bits per heavy atom. The molecule has 5 nitrogen and oxygen atoms in total. The molecule has 0 saturated carbocycles. The zero-order valence-electron chi connectivity index (χ0n) is 19.2. The standard InChI is InChI=1S/C26H30N2O3S/c1-18-7-12-23(13-8-18)22(5)27-26(29)17-28(25-16-20(3)6-11-21(25)4)32(30,31)24-14-9-19(2)10-15-24/h6-16,22H,17H2,1-5H3,(H,27,29)/t22-/m0/s1. The van der Waals surface area contributed by atoms with Gasteiger partial charge in [-0.2, -0.15) is 0 Å². The summed E-state index contributed by atoms with van der Waals surface area (Å²) in [6.07, 6.45) is 0. The third-order valence-corrected chi connectivity index (χ3v) is 7.26. The van der Waals surface area contributed by atoms with Gasteiger partial charge < -0.3 is 5.32 Å². The van der Waals surface area contributed by atoms with Crippen molar-refractivity contribution in [1.29, 1.82) is 0 Å². The lowest BCUT2D eigenvalue weighted by molar-refractivity contribution is -0.120. The lowest BCUT2D eigenvalue weighted by Gasteiger charge is -2.27. The van der Waals surface area contributed by atoms with Gasteiger partial charge in [0.2, 0.25) is 5.91 Å². The van der Waals surface area contributed by atoms with Crippen molar-refractivity contribution in [2.75, 3.05) is 10.8 Å². The number of hydrogen-bond donors (Lipinski definition) is 1. The summed E-state index contributed by atoms with van der Waals surface area (Å²) in [6.45, 7) is 9.23. The van der Waals surface area contributed by atoms with Gasteiger partial charge >= 0.3 is 0 Å². The van der Waals surface area contributed by atoms with Crippen molar-refractivity contribution in [2.24, 2.45) is 0 Å². The highest BCUT2D eigenvalue weighted by molar-refractivity contribution is 7.92. The highest BCUT2D eigenvalue weighted by atomic mass is 32.2. The van der Waals surface area contributed by atoms with Crippen LogP contribution in [0.2, 0.25) is 0 Å². The van der Waals surface area contributed by atoms with E-state index in [1.165, 1.54) is 4.31 Å². The van der Waals surface area contributed by atoms with E-state index >= 15 is 0 Å². The molecule has 0 heterocycles. The Morgan fingerprint density at radius 2 is 1.38 bits per heavy atom. The number of sulfonamides is 1. The maximum Gasteiger partial charge on any atom is 0.264 e. The molecule has 0 unspecified atom stereocenters. The van der Waals surface area contributed by atoms with Gasteiger partial charge in [-0.3, -0.25) is 9.10 Å². The Morgan fingerprint density at radius 3 is 1.97 bits per heavy atom. The number of amides is 1. The van der Waals surface area contributed by atoms with Crippen molar-refractivity contribution in [3.8, 4) is 0 Å². The van der Waals surface area contributed by atoms with Crippen molar-refractivity contribution < 1.29 is 13.2 Å². The molecule has 3 aromatic rings. The van der Waals surface area contributed by atoms with Gasteiger partial charge in [-0.15, -0.1) is 0 Å². The number of aryl methyl sites for hydroxylation is 4. The minimum Gasteiger partial charge on any atom is -0.348 e. The Balaban J connectivity index is 1.94. The van der Waals surface area contributed by atoms with Crippen molar-refractivity contribution >= 4 is 21.6 Å². The van der Waals surface area contributed by atoms with Crippen LogP contribution in [0.1, 0.15) is 40.8 Å². The van der Waals surface area contributed by atoms with E-state index < -0.39 is 10.0 Å². The van der Waals surface area contributed by atoms with Crippen molar-refractivity contribution in [3.63, 3.8) is 0 Å². The van der Waals surface area contributed by atoms with Gasteiger partial charge in [0, 0.05) is 0 Å². The smallest absolute Gasteiger partial charge is 0.264 e. The zero-order valence-corrected chi connectivity index (χ0v) is 20.0. The van der Waals surface area contributed by atoms with Crippen LogP contribution in [0.5, 0.6) is 0 Å². The molecule has 0 bridgehead atoms. The number of anilines is 1. The third kappa shape index (κ3) is 5.37. The molecule has 1 atom stereocenters. The molecule has 6 heteroatoms. The molecule has 0 aromatic heterocycles. The van der Waals surface area contributed by atoms with E-state index in [1.807, 2.05) is 71.0 Å². The van der Waals surface area contributed by atoms with Crippen LogP contribution in [0.15, 0.2) is 71.6 Å². The fourth-order valence-electron chi connectivity index (χ4n) is 3.48. The lowest BCUT2D eigenvalue weighted by Crippen LogP contribution is -2.42. The summed E-state index contributed by atoms with van der Waals surface area (Å²) in [5, 5.41) is 2.94. The quantitative estimate of drug-likeness (QED) is 0.551. The minimum absolute atomic E-state index is 0.156. The Bertz CT molecular complexity index is 1200. The average Bonchev–Trinajstić information content (AvgIpc) is 2.74. The van der Waals surface area contributed by atoms with Crippen LogP contribution in [0, 0.1) is 27.7 Å². The fourth-order valence-corrected chi connectivity index (χ4v) is 4.96. The van der Waals surface area contributed by atoms with Crippen LogP contribution in [-0.4, -0.2) is 20.9 Å². The van der Waals surface area contributed by atoms with E-state index in [0.29, 0.717) is 5.69 Å². The molecule has 0 fully saturated rings. The zero-order chi connectivity index (χ0) is 23.5. The van der Waals surface area contributed by atoms with Gasteiger partial charge in [-0.05, 0) is 69.5 Å². The van der Waals surface area contributed by atoms with Gasteiger partial charge in [0.1, 0.15) is 6.54 Å². The first-order chi connectivity index (χ1) is 15.1. The molecular formula is C26H30N2O3S. The predicted molar refractivity (Wildman–Crippen MR) is 129 cm³/mol. The maximum atomic E-state index is 13.6. The number of nitrogens with one attached hydrogen (secondary N) is 1. The normalized spacial score (nSPS) is 12.3. The molecule has 0 aliphatic rings. The van der Waals surface area contributed by atoms with E-state index in [-0.39, 0.29) is 23.4 Å². The Labute approximate surface area is 191 Å². The largest absolute Gasteiger partial charge is 0.348 e. The van der Waals surface area contributed by atoms with Crippen LogP contribution < -0.4 is 9.62 Å². The number of hydrogen-bond acceptors (Lipinski definition) is 3. The predicted octanol–water partition coefficient (Wildman–Crippen LogP) is 4.99. The molecule has 0 aliphatic heterocycles. The van der Waals surface area contributed by atoms with E-state index in [4.69, 9.17) is 0 Å². The van der Waals surface area contributed by atoms with E-state index in [2.05, 4.69) is 5.32 Å². The molecule has 3 rings (SSSR count). The highest BCUT2D eigenvalue weighted by Crippen LogP contribution is 2.28. The number of rotatable bonds is 7. The van der Waals surface area contributed by atoms with Gasteiger partial charge in [-0.25, -0.2) is 8.42 Å². The number of carbonyl (C=O) groups is 1. The minimum atomic E-state index is -3.94. The second-order valence-electron chi connectivity index (χ2n) is 8.31. The molecule has 0 spiro atoms. The third-order valence-electron chi connectivity index (χ3n) is 5.48. The summed E-state index contributed by atoms with van der Waals surface area (Å²) in [4.78, 5) is 13.1. The van der Waals surface area contributed by atoms with E-state index in [9.17, 15) is 13.2 Å². The molecule has 1 amide bonds. The molecule has 0 saturated heterocycles. The number of nitrogens with zero attached hydrogens (tertiary/aromatic N) is 1. The first-order valence-corrected chi connectivity index (χ1v) is 12.0. The Kier molecular flexibility index (Phi) is 7.04. The topological polar surface area (TPSA) is 66.5 Å². The summed E-state index contributed by atoms with van der Waals surface area (Å²) in [6, 6.07) is 19.9. The van der Waals surface area contributed by atoms with Crippen LogP contribution in [-0.2, 0) is 14.8 Å². The van der Waals surface area contributed by atoms with E-state index in [1.54, 1.807) is 30.3 Å². The summed E-state index contributed by atoms with van der Waals surface area (Å²) in [5.41, 5.74) is 5.27. The number of carbonyl (C=O) groups excluding carboxylic acids is 1. The lowest BCUT2D eigenvalue weighted by atomic mass is 10.1. The van der Waals surface area contributed by atoms with Crippen LogP contribution in [0.4, 0.5) is 5.69 Å². The molecule has 1 N–H and O–H groups in total. The van der Waals surface area contributed by atoms with Crippen molar-refractivity contribution in [2.45, 2.75) is 45.6 Å².